The number of thioether (sulfide) groups is 1. The third kappa shape index (κ3) is 4.23. The van der Waals surface area contributed by atoms with Gasteiger partial charge in [0.25, 0.3) is 5.91 Å². The summed E-state index contributed by atoms with van der Waals surface area (Å²) in [7, 11) is 1.59. The van der Waals surface area contributed by atoms with Crippen molar-refractivity contribution in [3.05, 3.63) is 29.8 Å². The first-order chi connectivity index (χ1) is 11.3. The molecule has 132 valence electrons. The topological polar surface area (TPSA) is 58.6 Å². The van der Waals surface area contributed by atoms with Crippen LogP contribution in [-0.2, 0) is 4.79 Å². The molecule has 5 nitrogen and oxygen atoms in total. The van der Waals surface area contributed by atoms with Gasteiger partial charge >= 0.3 is 0 Å². The first kappa shape index (κ1) is 18.6. The van der Waals surface area contributed by atoms with Gasteiger partial charge < -0.3 is 15.0 Å². The van der Waals surface area contributed by atoms with Gasteiger partial charge in [-0.3, -0.25) is 9.59 Å². The highest BCUT2D eigenvalue weighted by Crippen LogP contribution is 2.33. The summed E-state index contributed by atoms with van der Waals surface area (Å²) in [6.07, 6.45) is 0.811. The van der Waals surface area contributed by atoms with Crippen LogP contribution in [0.25, 0.3) is 0 Å². The number of hydrogen-bond donors (Lipinski definition) is 1. The van der Waals surface area contributed by atoms with Crippen molar-refractivity contribution in [3.63, 3.8) is 0 Å². The van der Waals surface area contributed by atoms with E-state index in [-0.39, 0.29) is 22.7 Å². The predicted molar refractivity (Wildman–Crippen MR) is 97.4 cm³/mol. The van der Waals surface area contributed by atoms with E-state index in [9.17, 15) is 9.59 Å². The van der Waals surface area contributed by atoms with E-state index >= 15 is 0 Å². The molecule has 1 fully saturated rings. The van der Waals surface area contributed by atoms with Crippen molar-refractivity contribution in [1.29, 1.82) is 0 Å². The SMILES string of the molecule is CCC1SCC(C(=O)NC(C)(C)C)N1C(=O)c1ccc(OC)cc1. The number of amides is 2. The van der Waals surface area contributed by atoms with Crippen LogP contribution >= 0.6 is 11.8 Å². The summed E-state index contributed by atoms with van der Waals surface area (Å²) in [6.45, 7) is 7.87. The maximum Gasteiger partial charge on any atom is 0.255 e. The molecule has 1 saturated heterocycles. The molecule has 0 aromatic heterocycles. The fourth-order valence-corrected chi connectivity index (χ4v) is 4.04. The fourth-order valence-electron chi connectivity index (χ4n) is 2.69. The van der Waals surface area contributed by atoms with E-state index in [4.69, 9.17) is 4.74 Å². The zero-order valence-corrected chi connectivity index (χ0v) is 15.8. The first-order valence-corrected chi connectivity index (χ1v) is 9.22. The summed E-state index contributed by atoms with van der Waals surface area (Å²) in [5, 5.41) is 3.02. The Morgan fingerprint density at radius 2 is 1.92 bits per heavy atom. The predicted octanol–water partition coefficient (Wildman–Crippen LogP) is 2.90. The molecule has 0 radical (unpaired) electrons. The molecule has 0 bridgehead atoms. The molecule has 2 rings (SSSR count). The van der Waals surface area contributed by atoms with Crippen LogP contribution in [0.3, 0.4) is 0 Å². The van der Waals surface area contributed by atoms with Crippen molar-refractivity contribution in [2.75, 3.05) is 12.9 Å². The lowest BCUT2D eigenvalue weighted by Gasteiger charge is -2.30. The maximum absolute atomic E-state index is 13.0. The number of benzene rings is 1. The lowest BCUT2D eigenvalue weighted by atomic mass is 10.1. The third-order valence-electron chi connectivity index (χ3n) is 3.81. The van der Waals surface area contributed by atoms with Gasteiger partial charge in [-0.25, -0.2) is 0 Å². The monoisotopic (exact) mass is 350 g/mol. The molecule has 0 aliphatic carbocycles. The quantitative estimate of drug-likeness (QED) is 0.907. The molecular formula is C18H26N2O3S. The minimum atomic E-state index is -0.436. The van der Waals surface area contributed by atoms with Gasteiger partial charge in [0.2, 0.25) is 5.91 Å². The molecule has 1 aliphatic heterocycles. The van der Waals surface area contributed by atoms with Gasteiger partial charge in [0, 0.05) is 16.9 Å². The van der Waals surface area contributed by atoms with Gasteiger partial charge in [-0.2, -0.15) is 0 Å². The molecule has 2 amide bonds. The number of nitrogens with one attached hydrogen (secondary N) is 1. The fraction of sp³-hybridized carbons (Fsp3) is 0.556. The van der Waals surface area contributed by atoms with Crippen LogP contribution in [0, 0.1) is 0 Å². The molecule has 1 aromatic carbocycles. The highest BCUT2D eigenvalue weighted by molar-refractivity contribution is 8.00. The number of rotatable bonds is 4. The Morgan fingerprint density at radius 3 is 2.42 bits per heavy atom. The van der Waals surface area contributed by atoms with Gasteiger partial charge in [-0.05, 0) is 51.5 Å². The van der Waals surface area contributed by atoms with Crippen molar-refractivity contribution >= 4 is 23.6 Å². The molecule has 0 spiro atoms. The summed E-state index contributed by atoms with van der Waals surface area (Å²) in [5.74, 6) is 1.13. The molecule has 0 saturated carbocycles. The highest BCUT2D eigenvalue weighted by atomic mass is 32.2. The lowest BCUT2D eigenvalue weighted by molar-refractivity contribution is -0.126. The van der Waals surface area contributed by atoms with Crippen LogP contribution in [0.15, 0.2) is 24.3 Å². The second kappa shape index (κ2) is 7.47. The highest BCUT2D eigenvalue weighted by Gasteiger charge is 2.41. The van der Waals surface area contributed by atoms with Crippen LogP contribution in [0.5, 0.6) is 5.75 Å². The molecule has 2 atom stereocenters. The number of methoxy groups -OCH3 is 1. The Balaban J connectivity index is 2.23. The number of ether oxygens (including phenoxy) is 1. The van der Waals surface area contributed by atoms with E-state index in [1.165, 1.54) is 0 Å². The summed E-state index contributed by atoms with van der Waals surface area (Å²) in [4.78, 5) is 27.3. The minimum Gasteiger partial charge on any atom is -0.497 e. The summed E-state index contributed by atoms with van der Waals surface area (Å²) < 4.78 is 5.14. The maximum atomic E-state index is 13.0. The second-order valence-corrected chi connectivity index (χ2v) is 8.10. The molecule has 6 heteroatoms. The van der Waals surface area contributed by atoms with Crippen LogP contribution in [0.1, 0.15) is 44.5 Å². The van der Waals surface area contributed by atoms with E-state index in [0.717, 1.165) is 6.42 Å². The minimum absolute atomic E-state index is 0.0234. The van der Waals surface area contributed by atoms with Crippen molar-refractivity contribution < 1.29 is 14.3 Å². The van der Waals surface area contributed by atoms with Crippen molar-refractivity contribution in [1.82, 2.24) is 10.2 Å². The Labute approximate surface area is 148 Å². The van der Waals surface area contributed by atoms with Gasteiger partial charge in [0.1, 0.15) is 11.8 Å². The Bertz CT molecular complexity index is 595. The Kier molecular flexibility index (Phi) is 5.80. The van der Waals surface area contributed by atoms with Gasteiger partial charge in [0.05, 0.1) is 12.5 Å². The van der Waals surface area contributed by atoms with E-state index in [1.54, 1.807) is 48.0 Å². The molecule has 1 aliphatic rings. The number of nitrogens with zero attached hydrogens (tertiary/aromatic N) is 1. The summed E-state index contributed by atoms with van der Waals surface area (Å²) in [6, 6.07) is 6.59. The molecule has 1 N–H and O–H groups in total. The van der Waals surface area contributed by atoms with Crippen molar-refractivity contribution in [2.45, 2.75) is 51.1 Å². The van der Waals surface area contributed by atoms with E-state index < -0.39 is 6.04 Å². The average Bonchev–Trinajstić information content (AvgIpc) is 2.96. The van der Waals surface area contributed by atoms with E-state index in [1.807, 2.05) is 27.7 Å². The molecular weight excluding hydrogens is 324 g/mol. The van der Waals surface area contributed by atoms with Gasteiger partial charge in [0.15, 0.2) is 0 Å². The first-order valence-electron chi connectivity index (χ1n) is 8.17. The largest absolute Gasteiger partial charge is 0.497 e. The normalized spacial score (nSPS) is 20.8. The Hall–Kier alpha value is -1.69. The number of carbonyl (C=O) groups excluding carboxylic acids is 2. The van der Waals surface area contributed by atoms with Gasteiger partial charge in [-0.15, -0.1) is 11.8 Å². The Morgan fingerprint density at radius 1 is 1.29 bits per heavy atom. The lowest BCUT2D eigenvalue weighted by Crippen LogP contribution is -2.53. The average molecular weight is 350 g/mol. The van der Waals surface area contributed by atoms with Gasteiger partial charge in [-0.1, -0.05) is 6.92 Å². The summed E-state index contributed by atoms with van der Waals surface area (Å²) >= 11 is 1.66. The van der Waals surface area contributed by atoms with E-state index in [0.29, 0.717) is 17.1 Å². The zero-order chi connectivity index (χ0) is 17.9. The smallest absolute Gasteiger partial charge is 0.255 e. The van der Waals surface area contributed by atoms with E-state index in [2.05, 4.69) is 5.32 Å². The van der Waals surface area contributed by atoms with Crippen molar-refractivity contribution in [3.8, 4) is 5.75 Å². The summed E-state index contributed by atoms with van der Waals surface area (Å²) in [5.41, 5.74) is 0.256. The molecule has 2 unspecified atom stereocenters. The van der Waals surface area contributed by atoms with Crippen LogP contribution in [-0.4, -0.2) is 46.5 Å². The van der Waals surface area contributed by atoms with Crippen LogP contribution in [0.2, 0.25) is 0 Å². The third-order valence-corrected chi connectivity index (χ3v) is 5.27. The number of hydrogen-bond acceptors (Lipinski definition) is 4. The zero-order valence-electron chi connectivity index (χ0n) is 15.0. The molecule has 1 aromatic rings. The standard InChI is InChI=1S/C18H26N2O3S/c1-6-15-20(14(11-24-15)16(21)19-18(2,3)4)17(22)12-7-9-13(23-5)10-8-12/h7-10,14-15H,6,11H2,1-5H3,(H,19,21). The van der Waals surface area contributed by atoms with Crippen molar-refractivity contribution in [2.24, 2.45) is 0 Å². The number of carbonyl (C=O) groups is 2. The molecule has 24 heavy (non-hydrogen) atoms. The second-order valence-electron chi connectivity index (χ2n) is 6.89. The molecule has 1 heterocycles. The van der Waals surface area contributed by atoms with Crippen LogP contribution < -0.4 is 10.1 Å². The van der Waals surface area contributed by atoms with Crippen LogP contribution in [0.4, 0.5) is 0 Å².